The second-order valence-corrected chi connectivity index (χ2v) is 6.02. The lowest BCUT2D eigenvalue weighted by Gasteiger charge is -2.24. The first-order valence-corrected chi connectivity index (χ1v) is 8.11. The molecule has 0 aliphatic carbocycles. The predicted molar refractivity (Wildman–Crippen MR) is 95.0 cm³/mol. The number of halogens is 2. The van der Waals surface area contributed by atoms with Crippen molar-refractivity contribution in [3.05, 3.63) is 59.7 Å². The molecular weight excluding hydrogens is 324 g/mol. The summed E-state index contributed by atoms with van der Waals surface area (Å²) in [7, 11) is 1.94. The molecule has 6 heteroatoms. The Hall–Kier alpha value is -2.76. The van der Waals surface area contributed by atoms with Crippen LogP contribution in [-0.4, -0.2) is 25.2 Å². The zero-order valence-corrected chi connectivity index (χ0v) is 14.2. The highest BCUT2D eigenvalue weighted by Gasteiger charge is 2.21. The summed E-state index contributed by atoms with van der Waals surface area (Å²) in [5.41, 5.74) is 1.93. The average molecular weight is 343 g/mol. The number of hydrogen-bond acceptors (Lipinski definition) is 3. The van der Waals surface area contributed by atoms with Crippen molar-refractivity contribution in [2.24, 2.45) is 5.10 Å². The van der Waals surface area contributed by atoms with E-state index in [0.717, 1.165) is 23.9 Å². The summed E-state index contributed by atoms with van der Waals surface area (Å²) in [5, 5.41) is 5.67. The quantitative estimate of drug-likeness (QED) is 0.786. The summed E-state index contributed by atoms with van der Waals surface area (Å²) in [6.07, 6.45) is 1.13. The Labute approximate surface area is 145 Å². The monoisotopic (exact) mass is 343 g/mol. The van der Waals surface area contributed by atoms with E-state index in [2.05, 4.69) is 5.10 Å². The van der Waals surface area contributed by atoms with E-state index < -0.39 is 11.6 Å². The highest BCUT2D eigenvalue weighted by Crippen LogP contribution is 2.31. The Balaban J connectivity index is 2.16. The molecule has 2 aromatic rings. The molecule has 0 saturated heterocycles. The van der Waals surface area contributed by atoms with Gasteiger partial charge in [0.2, 0.25) is 5.91 Å². The van der Waals surface area contributed by atoms with Gasteiger partial charge in [0.15, 0.2) is 0 Å². The van der Waals surface area contributed by atoms with Crippen molar-refractivity contribution in [3.63, 3.8) is 0 Å². The third-order valence-corrected chi connectivity index (χ3v) is 4.19. The van der Waals surface area contributed by atoms with Crippen LogP contribution in [0.3, 0.4) is 0 Å². The van der Waals surface area contributed by atoms with Gasteiger partial charge >= 0.3 is 0 Å². The fourth-order valence-corrected chi connectivity index (χ4v) is 2.94. The van der Waals surface area contributed by atoms with E-state index in [4.69, 9.17) is 0 Å². The molecule has 1 amide bonds. The average Bonchev–Trinajstić information content (AvgIpc) is 2.66. The molecule has 1 aliphatic heterocycles. The lowest BCUT2D eigenvalue weighted by molar-refractivity contribution is -0.116. The number of para-hydroxylation sites is 2. The second kappa shape index (κ2) is 7.01. The van der Waals surface area contributed by atoms with E-state index in [1.54, 1.807) is 6.07 Å². The number of fused-ring (bicyclic) bond motifs is 1. The first-order valence-electron chi connectivity index (χ1n) is 8.11. The van der Waals surface area contributed by atoms with Crippen LogP contribution in [0.5, 0.6) is 0 Å². The Morgan fingerprint density at radius 1 is 1.12 bits per heavy atom. The molecule has 1 aliphatic rings. The summed E-state index contributed by atoms with van der Waals surface area (Å²) in [6.45, 7) is 2.11. The van der Waals surface area contributed by atoms with Crippen LogP contribution in [0.4, 0.5) is 20.2 Å². The second-order valence-electron chi connectivity index (χ2n) is 6.02. The van der Waals surface area contributed by atoms with E-state index in [1.807, 2.05) is 30.1 Å². The number of anilines is 2. The van der Waals surface area contributed by atoms with Gasteiger partial charge < -0.3 is 4.90 Å². The van der Waals surface area contributed by atoms with Crippen LogP contribution in [0, 0.1) is 11.6 Å². The minimum absolute atomic E-state index is 0.0910. The highest BCUT2D eigenvalue weighted by molar-refractivity contribution is 6.05. The lowest BCUT2D eigenvalue weighted by atomic mass is 10.0. The van der Waals surface area contributed by atoms with Crippen LogP contribution in [-0.2, 0) is 4.79 Å². The first kappa shape index (κ1) is 17.1. The number of carbonyl (C=O) groups excluding carboxylic acids is 1. The standard InChI is InChI=1S/C19H19F2N3O/c1-13(25)24-19-8-4-3-7-18(19)23(2)11-5-6-17(22-24)15-12-14(20)9-10-16(15)21/h3-4,7-10,12H,5-6,11H2,1-2H3/b22-17+. The van der Waals surface area contributed by atoms with Crippen LogP contribution in [0.25, 0.3) is 0 Å². The normalized spacial score (nSPS) is 17.0. The number of carbonyl (C=O) groups is 1. The molecule has 0 bridgehead atoms. The van der Waals surface area contributed by atoms with Crippen molar-refractivity contribution in [1.29, 1.82) is 0 Å². The molecule has 0 fully saturated rings. The molecule has 0 aromatic heterocycles. The number of amides is 1. The van der Waals surface area contributed by atoms with Crippen LogP contribution in [0.2, 0.25) is 0 Å². The van der Waals surface area contributed by atoms with Gasteiger partial charge in [0.05, 0.1) is 17.1 Å². The fourth-order valence-electron chi connectivity index (χ4n) is 2.94. The molecule has 4 nitrogen and oxygen atoms in total. The van der Waals surface area contributed by atoms with Crippen molar-refractivity contribution < 1.29 is 13.6 Å². The number of hydrazone groups is 1. The maximum Gasteiger partial charge on any atom is 0.244 e. The van der Waals surface area contributed by atoms with Gasteiger partial charge in [-0.3, -0.25) is 4.79 Å². The van der Waals surface area contributed by atoms with Crippen molar-refractivity contribution in [3.8, 4) is 0 Å². The molecule has 0 spiro atoms. The third-order valence-electron chi connectivity index (χ3n) is 4.19. The minimum atomic E-state index is -0.551. The van der Waals surface area contributed by atoms with Gasteiger partial charge in [0.25, 0.3) is 0 Å². The zero-order chi connectivity index (χ0) is 18.0. The van der Waals surface area contributed by atoms with E-state index in [-0.39, 0.29) is 11.5 Å². The van der Waals surface area contributed by atoms with Crippen LogP contribution >= 0.6 is 0 Å². The molecule has 0 atom stereocenters. The zero-order valence-electron chi connectivity index (χ0n) is 14.2. The summed E-state index contributed by atoms with van der Waals surface area (Å²) in [5.74, 6) is -1.38. The van der Waals surface area contributed by atoms with Gasteiger partial charge in [-0.25, -0.2) is 8.78 Å². The molecule has 0 saturated carbocycles. The summed E-state index contributed by atoms with van der Waals surface area (Å²) in [6, 6.07) is 10.7. The SMILES string of the molecule is CC(=O)N1/N=C(/c2cc(F)ccc2F)CCCN(C)c2ccccc21. The van der Waals surface area contributed by atoms with Gasteiger partial charge in [-0.15, -0.1) is 0 Å². The molecule has 0 radical (unpaired) electrons. The van der Waals surface area contributed by atoms with Crippen molar-refractivity contribution in [1.82, 2.24) is 0 Å². The molecule has 130 valence electrons. The molecule has 1 heterocycles. The van der Waals surface area contributed by atoms with Gasteiger partial charge in [-0.05, 0) is 43.2 Å². The molecular formula is C19H19F2N3O. The Morgan fingerprint density at radius 2 is 1.84 bits per heavy atom. The summed E-state index contributed by atoms with van der Waals surface area (Å²) < 4.78 is 27.8. The summed E-state index contributed by atoms with van der Waals surface area (Å²) in [4.78, 5) is 14.2. The van der Waals surface area contributed by atoms with E-state index >= 15 is 0 Å². The van der Waals surface area contributed by atoms with Gasteiger partial charge in [-0.1, -0.05) is 12.1 Å². The van der Waals surface area contributed by atoms with Gasteiger partial charge in [0, 0.05) is 26.1 Å². The smallest absolute Gasteiger partial charge is 0.244 e. The van der Waals surface area contributed by atoms with Crippen LogP contribution < -0.4 is 9.91 Å². The summed E-state index contributed by atoms with van der Waals surface area (Å²) >= 11 is 0. The molecule has 25 heavy (non-hydrogen) atoms. The van der Waals surface area contributed by atoms with Crippen molar-refractivity contribution in [2.45, 2.75) is 19.8 Å². The first-order chi connectivity index (χ1) is 12.0. The van der Waals surface area contributed by atoms with Crippen molar-refractivity contribution >= 4 is 23.0 Å². The third kappa shape index (κ3) is 3.52. The number of nitrogens with zero attached hydrogens (tertiary/aromatic N) is 3. The van der Waals surface area contributed by atoms with E-state index in [1.165, 1.54) is 11.9 Å². The molecule has 3 rings (SSSR count). The van der Waals surface area contributed by atoms with Gasteiger partial charge in [-0.2, -0.15) is 10.1 Å². The predicted octanol–water partition coefficient (Wildman–Crippen LogP) is 3.95. The van der Waals surface area contributed by atoms with Crippen LogP contribution in [0.15, 0.2) is 47.6 Å². The highest BCUT2D eigenvalue weighted by atomic mass is 19.1. The Morgan fingerprint density at radius 3 is 2.56 bits per heavy atom. The maximum atomic E-state index is 14.2. The number of benzene rings is 2. The fraction of sp³-hybridized carbons (Fsp3) is 0.263. The lowest BCUT2D eigenvalue weighted by Crippen LogP contribution is -2.26. The minimum Gasteiger partial charge on any atom is -0.373 e. The molecule has 0 unspecified atom stereocenters. The molecule has 2 aromatic carbocycles. The van der Waals surface area contributed by atoms with Crippen LogP contribution in [0.1, 0.15) is 25.3 Å². The topological polar surface area (TPSA) is 35.9 Å². The van der Waals surface area contributed by atoms with E-state index in [0.29, 0.717) is 30.8 Å². The molecule has 0 N–H and O–H groups in total. The van der Waals surface area contributed by atoms with E-state index in [9.17, 15) is 13.6 Å². The number of hydrogen-bond donors (Lipinski definition) is 0. The Bertz CT molecular complexity index is 835. The Kier molecular flexibility index (Phi) is 4.79. The van der Waals surface area contributed by atoms with Gasteiger partial charge in [0.1, 0.15) is 11.6 Å². The van der Waals surface area contributed by atoms with Crippen molar-refractivity contribution in [2.75, 3.05) is 23.5 Å². The largest absolute Gasteiger partial charge is 0.373 e. The maximum absolute atomic E-state index is 14.2. The number of rotatable bonds is 1.